The lowest BCUT2D eigenvalue weighted by Gasteiger charge is -2.21. The van der Waals surface area contributed by atoms with E-state index in [4.69, 9.17) is 9.47 Å². The van der Waals surface area contributed by atoms with E-state index in [9.17, 15) is 0 Å². The third kappa shape index (κ3) is 4.54. The van der Waals surface area contributed by atoms with Crippen LogP contribution in [0.1, 0.15) is 31.4 Å². The van der Waals surface area contributed by atoms with Gasteiger partial charge in [0.1, 0.15) is 0 Å². The number of hydrogen-bond acceptors (Lipinski definition) is 5. The van der Waals surface area contributed by atoms with Crippen molar-refractivity contribution in [1.82, 2.24) is 20.3 Å². The maximum absolute atomic E-state index is 5.73. The summed E-state index contributed by atoms with van der Waals surface area (Å²) in [5, 5.41) is 11.7. The van der Waals surface area contributed by atoms with Gasteiger partial charge >= 0.3 is 0 Å². The van der Waals surface area contributed by atoms with Crippen LogP contribution in [0.4, 0.5) is 0 Å². The predicted molar refractivity (Wildman–Crippen MR) is 74.2 cm³/mol. The standard InChI is InChI=1S/C14H24N4O2/c1-2-13(1)15-9-14-10-18(17-16-14)5-8-20-11-12-3-6-19-7-4-12/h10,12-13,15H,1-9,11H2. The van der Waals surface area contributed by atoms with Crippen molar-refractivity contribution >= 4 is 0 Å². The smallest absolute Gasteiger partial charge is 0.0964 e. The molecule has 0 amide bonds. The first-order valence-electron chi connectivity index (χ1n) is 7.68. The largest absolute Gasteiger partial charge is 0.381 e. The van der Waals surface area contributed by atoms with Crippen molar-refractivity contribution in [2.45, 2.75) is 44.8 Å². The number of aromatic nitrogens is 3. The molecule has 1 N–H and O–H groups in total. The molecule has 0 radical (unpaired) electrons. The van der Waals surface area contributed by atoms with E-state index in [1.165, 1.54) is 12.8 Å². The second kappa shape index (κ2) is 7.15. The Hall–Kier alpha value is -0.980. The Labute approximate surface area is 119 Å². The van der Waals surface area contributed by atoms with E-state index in [-0.39, 0.29) is 0 Å². The van der Waals surface area contributed by atoms with E-state index >= 15 is 0 Å². The Kier molecular flexibility index (Phi) is 5.00. The fourth-order valence-corrected chi connectivity index (χ4v) is 2.39. The number of nitrogens with zero attached hydrogens (tertiary/aromatic N) is 3. The Bertz CT molecular complexity index is 400. The number of nitrogens with one attached hydrogen (secondary N) is 1. The van der Waals surface area contributed by atoms with Gasteiger partial charge in [-0.1, -0.05) is 5.21 Å². The van der Waals surface area contributed by atoms with Gasteiger partial charge in [0.25, 0.3) is 0 Å². The highest BCUT2D eigenvalue weighted by molar-refractivity contribution is 4.94. The molecule has 6 nitrogen and oxygen atoms in total. The molecular formula is C14H24N4O2. The summed E-state index contributed by atoms with van der Waals surface area (Å²) < 4.78 is 12.9. The molecule has 1 saturated carbocycles. The van der Waals surface area contributed by atoms with Gasteiger partial charge in [-0.05, 0) is 31.6 Å². The Morgan fingerprint density at radius 3 is 2.95 bits per heavy atom. The van der Waals surface area contributed by atoms with Crippen molar-refractivity contribution in [3.8, 4) is 0 Å². The SMILES string of the molecule is c1c(CNC2CC2)nnn1CCOCC1CCOCC1. The first-order chi connectivity index (χ1) is 9.90. The molecule has 112 valence electrons. The zero-order valence-electron chi connectivity index (χ0n) is 12.0. The lowest BCUT2D eigenvalue weighted by Crippen LogP contribution is -2.21. The van der Waals surface area contributed by atoms with Crippen molar-refractivity contribution in [1.29, 1.82) is 0 Å². The first kappa shape index (κ1) is 14.0. The molecule has 1 aliphatic heterocycles. The van der Waals surface area contributed by atoms with E-state index in [1.54, 1.807) is 0 Å². The summed E-state index contributed by atoms with van der Waals surface area (Å²) in [5.74, 6) is 0.665. The fourth-order valence-electron chi connectivity index (χ4n) is 2.39. The van der Waals surface area contributed by atoms with Gasteiger partial charge < -0.3 is 14.8 Å². The fraction of sp³-hybridized carbons (Fsp3) is 0.857. The van der Waals surface area contributed by atoms with E-state index in [2.05, 4.69) is 15.6 Å². The Morgan fingerprint density at radius 2 is 2.15 bits per heavy atom. The maximum atomic E-state index is 5.73. The van der Waals surface area contributed by atoms with Gasteiger partial charge in [0.15, 0.2) is 0 Å². The summed E-state index contributed by atoms with van der Waals surface area (Å²) in [7, 11) is 0. The molecule has 0 atom stereocenters. The van der Waals surface area contributed by atoms with Gasteiger partial charge in [0.05, 0.1) is 18.8 Å². The molecule has 0 spiro atoms. The highest BCUT2D eigenvalue weighted by Gasteiger charge is 2.20. The Balaban J connectivity index is 1.29. The predicted octanol–water partition coefficient (Wildman–Crippen LogP) is 0.973. The van der Waals surface area contributed by atoms with Crippen LogP contribution in [-0.4, -0.2) is 47.5 Å². The normalized spacial score (nSPS) is 20.4. The molecule has 1 aromatic rings. The molecule has 3 rings (SSSR count). The van der Waals surface area contributed by atoms with Crippen LogP contribution >= 0.6 is 0 Å². The van der Waals surface area contributed by atoms with Crippen LogP contribution in [0, 0.1) is 5.92 Å². The second-order valence-corrected chi connectivity index (χ2v) is 5.76. The van der Waals surface area contributed by atoms with E-state index in [0.717, 1.165) is 51.4 Å². The minimum atomic E-state index is 0.665. The summed E-state index contributed by atoms with van der Waals surface area (Å²) in [5.41, 5.74) is 1.02. The quantitative estimate of drug-likeness (QED) is 0.719. The molecule has 1 aromatic heterocycles. The molecule has 1 aliphatic carbocycles. The summed E-state index contributed by atoms with van der Waals surface area (Å²) in [6.45, 7) is 4.92. The molecule has 2 aliphatic rings. The zero-order valence-corrected chi connectivity index (χ0v) is 12.0. The van der Waals surface area contributed by atoms with Gasteiger partial charge in [0, 0.05) is 38.6 Å². The molecule has 0 aromatic carbocycles. The van der Waals surface area contributed by atoms with Gasteiger partial charge in [-0.3, -0.25) is 0 Å². The van der Waals surface area contributed by atoms with Crippen molar-refractivity contribution in [2.24, 2.45) is 5.92 Å². The summed E-state index contributed by atoms with van der Waals surface area (Å²) in [4.78, 5) is 0. The molecule has 2 heterocycles. The summed E-state index contributed by atoms with van der Waals surface area (Å²) >= 11 is 0. The van der Waals surface area contributed by atoms with Crippen LogP contribution in [-0.2, 0) is 22.6 Å². The summed E-state index contributed by atoms with van der Waals surface area (Å²) in [6, 6.07) is 0.711. The minimum Gasteiger partial charge on any atom is -0.381 e. The minimum absolute atomic E-state index is 0.665. The average Bonchev–Trinajstić information content (AvgIpc) is 3.21. The monoisotopic (exact) mass is 280 g/mol. The van der Waals surface area contributed by atoms with Crippen LogP contribution in [0.25, 0.3) is 0 Å². The van der Waals surface area contributed by atoms with Gasteiger partial charge in [-0.25, -0.2) is 4.68 Å². The number of rotatable bonds is 8. The van der Waals surface area contributed by atoms with Crippen LogP contribution in [0.15, 0.2) is 6.20 Å². The zero-order chi connectivity index (χ0) is 13.6. The Morgan fingerprint density at radius 1 is 1.30 bits per heavy atom. The molecular weight excluding hydrogens is 256 g/mol. The number of ether oxygens (including phenoxy) is 2. The van der Waals surface area contributed by atoms with E-state index < -0.39 is 0 Å². The third-order valence-electron chi connectivity index (χ3n) is 3.89. The highest BCUT2D eigenvalue weighted by atomic mass is 16.5. The lowest BCUT2D eigenvalue weighted by atomic mass is 10.0. The molecule has 0 bridgehead atoms. The molecule has 0 unspecified atom stereocenters. The van der Waals surface area contributed by atoms with Crippen molar-refractivity contribution < 1.29 is 9.47 Å². The van der Waals surface area contributed by atoms with Crippen molar-refractivity contribution in [2.75, 3.05) is 26.4 Å². The van der Waals surface area contributed by atoms with Crippen molar-refractivity contribution in [3.05, 3.63) is 11.9 Å². The number of hydrogen-bond donors (Lipinski definition) is 1. The van der Waals surface area contributed by atoms with E-state index in [1.807, 2.05) is 10.9 Å². The highest BCUT2D eigenvalue weighted by Crippen LogP contribution is 2.18. The van der Waals surface area contributed by atoms with Gasteiger partial charge in [0.2, 0.25) is 0 Å². The molecule has 20 heavy (non-hydrogen) atoms. The van der Waals surface area contributed by atoms with Crippen LogP contribution in [0.2, 0.25) is 0 Å². The van der Waals surface area contributed by atoms with E-state index in [0.29, 0.717) is 18.6 Å². The summed E-state index contributed by atoms with van der Waals surface area (Å²) in [6.07, 6.45) is 6.86. The molecule has 2 fully saturated rings. The van der Waals surface area contributed by atoms with Crippen LogP contribution < -0.4 is 5.32 Å². The van der Waals surface area contributed by atoms with Crippen LogP contribution in [0.3, 0.4) is 0 Å². The van der Waals surface area contributed by atoms with Gasteiger partial charge in [-0.2, -0.15) is 0 Å². The maximum Gasteiger partial charge on any atom is 0.0964 e. The second-order valence-electron chi connectivity index (χ2n) is 5.76. The third-order valence-corrected chi connectivity index (χ3v) is 3.89. The molecule has 1 saturated heterocycles. The van der Waals surface area contributed by atoms with Crippen molar-refractivity contribution in [3.63, 3.8) is 0 Å². The molecule has 6 heteroatoms. The average molecular weight is 280 g/mol. The first-order valence-corrected chi connectivity index (χ1v) is 7.68. The van der Waals surface area contributed by atoms with Gasteiger partial charge in [-0.15, -0.1) is 5.10 Å². The lowest BCUT2D eigenvalue weighted by molar-refractivity contribution is 0.0183. The van der Waals surface area contributed by atoms with Crippen LogP contribution in [0.5, 0.6) is 0 Å². The topological polar surface area (TPSA) is 61.2 Å².